The third-order valence-electron chi connectivity index (χ3n) is 9.73. The summed E-state index contributed by atoms with van der Waals surface area (Å²) in [5.41, 5.74) is 8.58. The maximum absolute atomic E-state index is 12.2. The number of anilines is 2. The number of amides is 3. The van der Waals surface area contributed by atoms with E-state index in [1.165, 1.54) is 14.2 Å². The molecule has 0 atom stereocenters. The van der Waals surface area contributed by atoms with Crippen molar-refractivity contribution in [3.05, 3.63) is 60.2 Å². The lowest BCUT2D eigenvalue weighted by atomic mass is 10.1. The average Bonchev–Trinajstić information content (AvgIpc) is 3.94. The van der Waals surface area contributed by atoms with Crippen LogP contribution in [-0.4, -0.2) is 133 Å². The molecule has 0 aliphatic carbocycles. The Hall–Kier alpha value is -6.56. The van der Waals surface area contributed by atoms with E-state index in [1.807, 2.05) is 71.5 Å². The average molecular weight is 948 g/mol. The van der Waals surface area contributed by atoms with Gasteiger partial charge in [-0.25, -0.2) is 29.5 Å². The van der Waals surface area contributed by atoms with Crippen molar-refractivity contribution in [2.75, 3.05) is 64.9 Å². The molecule has 0 spiro atoms. The van der Waals surface area contributed by atoms with Crippen LogP contribution < -0.4 is 11.1 Å². The molecule has 1 aliphatic heterocycles. The van der Waals surface area contributed by atoms with Crippen molar-refractivity contribution in [2.24, 2.45) is 0 Å². The zero-order valence-electron chi connectivity index (χ0n) is 39.7. The number of para-hydroxylation sites is 2. The van der Waals surface area contributed by atoms with E-state index < -0.39 is 35.3 Å². The molecule has 1 aliphatic rings. The number of nitrogen functional groups attached to an aromatic ring is 1. The van der Waals surface area contributed by atoms with Crippen molar-refractivity contribution < 1.29 is 62.6 Å². The van der Waals surface area contributed by atoms with Crippen LogP contribution in [0.1, 0.15) is 66.0 Å². The fourth-order valence-electron chi connectivity index (χ4n) is 6.91. The van der Waals surface area contributed by atoms with Crippen molar-refractivity contribution in [2.45, 2.75) is 91.9 Å². The Kier molecular flexibility index (Phi) is 18.5. The van der Waals surface area contributed by atoms with E-state index in [0.29, 0.717) is 78.6 Å². The van der Waals surface area contributed by atoms with Crippen molar-refractivity contribution in [3.63, 3.8) is 0 Å². The number of hydrogen-bond acceptors (Lipinski definition) is 18. The highest BCUT2D eigenvalue weighted by molar-refractivity contribution is 6.09. The van der Waals surface area contributed by atoms with Crippen LogP contribution in [0.15, 0.2) is 48.5 Å². The highest BCUT2D eigenvalue weighted by Crippen LogP contribution is 2.33. The molecule has 4 aromatic heterocycles. The largest absolute Gasteiger partial charge is 0.534 e. The Morgan fingerprint density at radius 2 is 1.16 bits per heavy atom. The fourth-order valence-corrected chi connectivity index (χ4v) is 6.91. The van der Waals surface area contributed by atoms with Gasteiger partial charge in [0.25, 0.3) is 11.8 Å². The van der Waals surface area contributed by atoms with E-state index in [4.69, 9.17) is 29.7 Å². The first-order valence-corrected chi connectivity index (χ1v) is 21.9. The number of pyridine rings is 2. The number of hydrogen-bond donors (Lipinski definition) is 4. The van der Waals surface area contributed by atoms with Gasteiger partial charge in [-0.1, -0.05) is 41.5 Å². The predicted octanol–water partition coefficient (Wildman–Crippen LogP) is 5.41. The van der Waals surface area contributed by atoms with Crippen molar-refractivity contribution >= 4 is 79.6 Å². The molecule has 3 amide bonds. The summed E-state index contributed by atoms with van der Waals surface area (Å²) in [5.74, 6) is 0.994. The first kappa shape index (κ1) is 52.4. The minimum Gasteiger partial charge on any atom is -0.447 e. The third kappa shape index (κ3) is 14.0. The molecule has 368 valence electrons. The molecule has 1 saturated heterocycles. The second kappa shape index (κ2) is 23.9. The number of nitrogens with one attached hydrogen (secondary N) is 1. The van der Waals surface area contributed by atoms with Gasteiger partial charge in [0, 0.05) is 51.0 Å². The van der Waals surface area contributed by atoms with Gasteiger partial charge in [-0.15, -0.1) is 0 Å². The smallest absolute Gasteiger partial charge is 0.447 e. The number of nitrogens with zero attached hydrogens (tertiary/aromatic N) is 7. The van der Waals surface area contributed by atoms with E-state index in [2.05, 4.69) is 34.6 Å². The second-order valence-corrected chi connectivity index (χ2v) is 16.5. The summed E-state index contributed by atoms with van der Waals surface area (Å²) < 4.78 is 34.2. The highest BCUT2D eigenvalue weighted by Gasteiger charge is 2.33. The topological polar surface area (TPSA) is 276 Å². The summed E-state index contributed by atoms with van der Waals surface area (Å²) in [7, 11) is 2.98. The van der Waals surface area contributed by atoms with Gasteiger partial charge in [-0.2, -0.15) is 0 Å². The molecule has 22 heteroatoms. The van der Waals surface area contributed by atoms with Gasteiger partial charge in [0.1, 0.15) is 49.1 Å². The van der Waals surface area contributed by atoms with Crippen LogP contribution in [0.5, 0.6) is 0 Å². The normalized spacial score (nSPS) is 12.9. The summed E-state index contributed by atoms with van der Waals surface area (Å²) in [6.07, 6.45) is -1.61. The van der Waals surface area contributed by atoms with Crippen LogP contribution in [0, 0.1) is 0 Å². The van der Waals surface area contributed by atoms with Gasteiger partial charge in [0.15, 0.2) is 11.6 Å². The summed E-state index contributed by atoms with van der Waals surface area (Å²) in [6, 6.07) is 15.4. The van der Waals surface area contributed by atoms with E-state index in [-0.39, 0.29) is 39.3 Å². The lowest BCUT2D eigenvalue weighted by molar-refractivity contribution is -0.177. The number of carbonyl (C=O) groups is 4. The molecule has 2 aromatic carbocycles. The number of imide groups is 1. The number of nitrogens with two attached hydrogens (primary N) is 1. The van der Waals surface area contributed by atoms with Crippen molar-refractivity contribution in [3.8, 4) is 0 Å². The molecule has 0 unspecified atom stereocenters. The number of carbonyl (C=O) groups excluding carboxylic acids is 4. The number of fused-ring (bicyclic) bond motifs is 6. The van der Waals surface area contributed by atoms with Gasteiger partial charge >= 0.3 is 12.2 Å². The zero-order chi connectivity index (χ0) is 49.6. The summed E-state index contributed by atoms with van der Waals surface area (Å²) in [5, 5.41) is 25.8. The van der Waals surface area contributed by atoms with Crippen LogP contribution >= 0.6 is 0 Å². The Morgan fingerprint density at radius 3 is 1.66 bits per heavy atom. The third-order valence-corrected chi connectivity index (χ3v) is 9.73. The molecular weight excluding hydrogens is 887 g/mol. The minimum atomic E-state index is -1.09. The maximum atomic E-state index is 12.2. The molecular formula is C46H61N9O13. The van der Waals surface area contributed by atoms with E-state index in [9.17, 15) is 29.4 Å². The minimum absolute atomic E-state index is 0.00551. The van der Waals surface area contributed by atoms with Crippen LogP contribution in [-0.2, 0) is 69.2 Å². The van der Waals surface area contributed by atoms with Crippen LogP contribution in [0.3, 0.4) is 0 Å². The number of imidazole rings is 2. The standard InChI is InChI=1S/C21H28N4O5.C17H22N4O2.C8H11NO6/c1-5-29-12-16-23-17-18(25(16)13-21(2,3)27)14-8-6-7-9-15(14)22-19(17)24-20(26)30-11-10-28-4;1-4-23-9-13-20-14-15(21(13)10-17(2,3)22)11-7-5-6-8-12(11)19-16(14)18;1-13-4-5-14-8(12)15-9-6(10)2-3-7(9)11/h6-9,27H,5,10-13H2,1-4H3,(H,22,24,26);5-8,22H,4,9-10H2,1-3H3,(H2,18,19);2-5H2,1H3. The number of aliphatic hydroxyl groups is 2. The number of rotatable bonds is 18. The van der Waals surface area contributed by atoms with E-state index in [1.54, 1.807) is 27.7 Å². The second-order valence-electron chi connectivity index (χ2n) is 16.5. The molecule has 68 heavy (non-hydrogen) atoms. The van der Waals surface area contributed by atoms with Crippen LogP contribution in [0.25, 0.3) is 43.9 Å². The first-order chi connectivity index (χ1) is 32.4. The molecule has 7 rings (SSSR count). The molecule has 6 aromatic rings. The number of ether oxygens (including phenoxy) is 6. The number of hydroxylamine groups is 2. The summed E-state index contributed by atoms with van der Waals surface area (Å²) in [4.78, 5) is 67.9. The summed E-state index contributed by atoms with van der Waals surface area (Å²) in [6.45, 7) is 14.0. The molecule has 0 saturated carbocycles. The Morgan fingerprint density at radius 1 is 0.691 bits per heavy atom. The zero-order valence-corrected chi connectivity index (χ0v) is 39.7. The SMILES string of the molecule is CCOCc1nc2c(N)nc3ccccc3c2n1CC(C)(C)O.CCOCc1nc2c(NC(=O)OCCOC)nc3ccccc3c2n1CC(C)(C)O.COCCOC(=O)ON1C(=O)CCC1=O. The quantitative estimate of drug-likeness (QED) is 0.0476. The maximum Gasteiger partial charge on any atom is 0.534 e. The van der Waals surface area contributed by atoms with Gasteiger partial charge < -0.3 is 53.5 Å². The molecule has 22 nitrogen and oxygen atoms in total. The molecule has 0 bridgehead atoms. The molecule has 5 N–H and O–H groups in total. The fraction of sp³-hybridized carbons (Fsp3) is 0.478. The van der Waals surface area contributed by atoms with Crippen molar-refractivity contribution in [1.82, 2.24) is 34.1 Å². The predicted molar refractivity (Wildman–Crippen MR) is 250 cm³/mol. The summed E-state index contributed by atoms with van der Waals surface area (Å²) >= 11 is 0. The molecule has 1 fully saturated rings. The van der Waals surface area contributed by atoms with Crippen LogP contribution in [0.2, 0.25) is 0 Å². The van der Waals surface area contributed by atoms with Gasteiger partial charge in [-0.05, 0) is 53.7 Å². The van der Waals surface area contributed by atoms with Crippen molar-refractivity contribution in [1.29, 1.82) is 0 Å². The monoisotopic (exact) mass is 947 g/mol. The number of benzene rings is 2. The van der Waals surface area contributed by atoms with Gasteiger partial charge in [-0.3, -0.25) is 19.7 Å². The lowest BCUT2D eigenvalue weighted by Crippen LogP contribution is -2.32. The molecule has 5 heterocycles. The van der Waals surface area contributed by atoms with Gasteiger partial charge in [0.05, 0.1) is 59.6 Å². The Balaban J connectivity index is 0.000000202. The van der Waals surface area contributed by atoms with E-state index in [0.717, 1.165) is 33.1 Å². The van der Waals surface area contributed by atoms with E-state index >= 15 is 0 Å². The Labute approximate surface area is 392 Å². The molecule has 0 radical (unpaired) electrons. The Bertz CT molecular complexity index is 2670. The highest BCUT2D eigenvalue weighted by atomic mass is 16.8. The first-order valence-electron chi connectivity index (χ1n) is 21.9. The van der Waals surface area contributed by atoms with Gasteiger partial charge in [0.2, 0.25) is 0 Å². The number of aromatic nitrogens is 6. The van der Waals surface area contributed by atoms with Crippen LogP contribution in [0.4, 0.5) is 21.2 Å². The number of methoxy groups -OCH3 is 2. The lowest BCUT2D eigenvalue weighted by Gasteiger charge is -2.20.